The van der Waals surface area contributed by atoms with Gasteiger partial charge in [-0.2, -0.15) is 0 Å². The second-order valence-corrected chi connectivity index (χ2v) is 7.07. The minimum atomic E-state index is -3.52. The number of carbonyl (C=O) groups excluding carboxylic acids is 2. The fourth-order valence-electron chi connectivity index (χ4n) is 2.21. The summed E-state index contributed by atoms with van der Waals surface area (Å²) >= 11 is 0. The number of benzene rings is 1. The topological polar surface area (TPSA) is 97.5 Å². The Morgan fingerprint density at radius 1 is 1.05 bits per heavy atom. The Morgan fingerprint density at radius 2 is 1.62 bits per heavy atom. The predicted molar refractivity (Wildman–Crippen MR) is 77.0 cm³/mol. The Labute approximate surface area is 123 Å². The van der Waals surface area contributed by atoms with Crippen LogP contribution in [-0.2, 0) is 26.0 Å². The smallest absolute Gasteiger partial charge is 0.229 e. The number of nitrogens with zero attached hydrogens (tertiary/aromatic N) is 1. The van der Waals surface area contributed by atoms with Crippen molar-refractivity contribution in [1.29, 1.82) is 0 Å². The maximum atomic E-state index is 12.2. The second-order valence-electron chi connectivity index (χ2n) is 4.96. The highest BCUT2D eigenvalue weighted by molar-refractivity contribution is 7.91. The Balaban J connectivity index is 2.06. The van der Waals surface area contributed by atoms with E-state index < -0.39 is 9.84 Å². The van der Waals surface area contributed by atoms with Crippen molar-refractivity contribution >= 4 is 21.7 Å². The molecule has 2 rings (SSSR count). The van der Waals surface area contributed by atoms with Crippen LogP contribution in [0, 0.1) is 0 Å². The molecule has 114 valence electrons. The van der Waals surface area contributed by atoms with Gasteiger partial charge in [0.05, 0.1) is 10.6 Å². The van der Waals surface area contributed by atoms with Gasteiger partial charge in [0.25, 0.3) is 0 Å². The molecule has 2 amide bonds. The average Bonchev–Trinajstić information content (AvgIpc) is 2.47. The van der Waals surface area contributed by atoms with Crippen LogP contribution in [0.5, 0.6) is 0 Å². The largest absolute Gasteiger partial charge is 0.326 e. The van der Waals surface area contributed by atoms with Crippen LogP contribution in [0.3, 0.4) is 0 Å². The summed E-state index contributed by atoms with van der Waals surface area (Å²) in [5.41, 5.74) is 6.31. The number of piperidine rings is 1. The number of likely N-dealkylation sites (tertiary alicyclic amines) is 1. The van der Waals surface area contributed by atoms with Gasteiger partial charge >= 0.3 is 0 Å². The third-order valence-electron chi connectivity index (χ3n) is 3.49. The number of rotatable bonds is 5. The van der Waals surface area contributed by atoms with Gasteiger partial charge in [-0.1, -0.05) is 12.1 Å². The van der Waals surface area contributed by atoms with Crippen LogP contribution in [-0.4, -0.2) is 37.4 Å². The Kier molecular flexibility index (Phi) is 4.74. The lowest BCUT2D eigenvalue weighted by molar-refractivity contribution is -0.147. The van der Waals surface area contributed by atoms with Crippen molar-refractivity contribution in [1.82, 2.24) is 4.90 Å². The van der Waals surface area contributed by atoms with Gasteiger partial charge < -0.3 is 5.73 Å². The van der Waals surface area contributed by atoms with Crippen molar-refractivity contribution < 1.29 is 18.0 Å². The first kappa shape index (κ1) is 15.7. The molecule has 7 heteroatoms. The van der Waals surface area contributed by atoms with Gasteiger partial charge in [-0.25, -0.2) is 8.42 Å². The maximum absolute atomic E-state index is 12.2. The van der Waals surface area contributed by atoms with Crippen LogP contribution in [0.2, 0.25) is 0 Å². The molecule has 0 saturated carbocycles. The SMILES string of the molecule is NCc1ccc(S(=O)(=O)CCN2C(=O)CCCC2=O)cc1. The monoisotopic (exact) mass is 310 g/mol. The predicted octanol–water partition coefficient (Wildman–Crippen LogP) is 0.458. The number of hydrogen-bond donors (Lipinski definition) is 1. The molecule has 0 unspecified atom stereocenters. The van der Waals surface area contributed by atoms with E-state index >= 15 is 0 Å². The molecule has 0 aliphatic carbocycles. The summed E-state index contributed by atoms with van der Waals surface area (Å²) in [5.74, 6) is -0.841. The average molecular weight is 310 g/mol. The Bertz CT molecular complexity index is 621. The number of nitrogens with two attached hydrogens (primary N) is 1. The van der Waals surface area contributed by atoms with E-state index in [2.05, 4.69) is 0 Å². The normalized spacial score (nSPS) is 16.3. The number of sulfone groups is 1. The van der Waals surface area contributed by atoms with E-state index in [0.29, 0.717) is 25.8 Å². The number of carbonyl (C=O) groups is 2. The van der Waals surface area contributed by atoms with E-state index in [0.717, 1.165) is 10.5 Å². The fourth-order valence-corrected chi connectivity index (χ4v) is 3.42. The van der Waals surface area contributed by atoms with E-state index in [1.807, 2.05) is 0 Å². The van der Waals surface area contributed by atoms with Crippen LogP contribution in [0.15, 0.2) is 29.2 Å². The summed E-state index contributed by atoms with van der Waals surface area (Å²) in [5, 5.41) is 0. The molecule has 6 nitrogen and oxygen atoms in total. The van der Waals surface area contributed by atoms with Crippen molar-refractivity contribution in [3.63, 3.8) is 0 Å². The number of amides is 2. The van der Waals surface area contributed by atoms with E-state index in [1.165, 1.54) is 12.1 Å². The van der Waals surface area contributed by atoms with Crippen molar-refractivity contribution in [2.75, 3.05) is 12.3 Å². The molecule has 0 aromatic heterocycles. The van der Waals surface area contributed by atoms with Crippen LogP contribution in [0.1, 0.15) is 24.8 Å². The lowest BCUT2D eigenvalue weighted by Crippen LogP contribution is -2.42. The third kappa shape index (κ3) is 3.68. The first-order valence-corrected chi connectivity index (χ1v) is 8.44. The molecule has 0 bridgehead atoms. The van der Waals surface area contributed by atoms with Gasteiger partial charge in [0, 0.05) is 25.9 Å². The third-order valence-corrected chi connectivity index (χ3v) is 5.20. The van der Waals surface area contributed by atoms with E-state index in [1.54, 1.807) is 12.1 Å². The Hall–Kier alpha value is -1.73. The highest BCUT2D eigenvalue weighted by Gasteiger charge is 2.27. The van der Waals surface area contributed by atoms with Crippen molar-refractivity contribution in [3.8, 4) is 0 Å². The molecule has 1 aliphatic heterocycles. The summed E-state index contributed by atoms with van der Waals surface area (Å²) in [6.07, 6.45) is 1.15. The molecule has 1 saturated heterocycles. The molecule has 1 aromatic carbocycles. The number of imide groups is 1. The molecule has 0 atom stereocenters. The summed E-state index contributed by atoms with van der Waals surface area (Å²) in [7, 11) is -3.52. The summed E-state index contributed by atoms with van der Waals surface area (Å²) < 4.78 is 24.4. The second kappa shape index (κ2) is 6.36. The fraction of sp³-hybridized carbons (Fsp3) is 0.429. The Morgan fingerprint density at radius 3 is 2.14 bits per heavy atom. The quantitative estimate of drug-likeness (QED) is 0.797. The molecule has 1 aliphatic rings. The molecule has 1 heterocycles. The summed E-state index contributed by atoms with van der Waals surface area (Å²) in [6.45, 7) is 0.260. The molecule has 21 heavy (non-hydrogen) atoms. The molecule has 2 N–H and O–H groups in total. The van der Waals surface area contributed by atoms with Gasteiger partial charge in [-0.05, 0) is 24.1 Å². The first-order valence-electron chi connectivity index (χ1n) is 6.79. The van der Waals surface area contributed by atoms with Crippen LogP contribution in [0.4, 0.5) is 0 Å². The maximum Gasteiger partial charge on any atom is 0.229 e. The highest BCUT2D eigenvalue weighted by Crippen LogP contribution is 2.15. The highest BCUT2D eigenvalue weighted by atomic mass is 32.2. The van der Waals surface area contributed by atoms with Crippen LogP contribution in [0.25, 0.3) is 0 Å². The van der Waals surface area contributed by atoms with Crippen molar-refractivity contribution in [2.24, 2.45) is 5.73 Å². The lowest BCUT2D eigenvalue weighted by atomic mass is 10.1. The van der Waals surface area contributed by atoms with Gasteiger partial charge in [0.2, 0.25) is 11.8 Å². The van der Waals surface area contributed by atoms with Gasteiger partial charge in [0.1, 0.15) is 0 Å². The van der Waals surface area contributed by atoms with Gasteiger partial charge in [-0.3, -0.25) is 14.5 Å². The molecular formula is C14H18N2O4S. The van der Waals surface area contributed by atoms with Crippen molar-refractivity contribution in [3.05, 3.63) is 29.8 Å². The van der Waals surface area contributed by atoms with E-state index in [4.69, 9.17) is 5.73 Å². The molecule has 1 fully saturated rings. The molecule has 0 radical (unpaired) electrons. The lowest BCUT2D eigenvalue weighted by Gasteiger charge is -2.24. The zero-order valence-electron chi connectivity index (χ0n) is 11.6. The van der Waals surface area contributed by atoms with Gasteiger partial charge in [0.15, 0.2) is 9.84 Å². The molecule has 1 aromatic rings. The first-order chi connectivity index (χ1) is 9.94. The summed E-state index contributed by atoms with van der Waals surface area (Å²) in [4.78, 5) is 24.5. The van der Waals surface area contributed by atoms with E-state index in [9.17, 15) is 18.0 Å². The van der Waals surface area contributed by atoms with Crippen LogP contribution >= 0.6 is 0 Å². The standard InChI is InChI=1S/C14H18N2O4S/c15-10-11-4-6-12(7-5-11)21(19,20)9-8-16-13(17)2-1-3-14(16)18/h4-7H,1-3,8-10,15H2. The van der Waals surface area contributed by atoms with Crippen LogP contribution < -0.4 is 5.73 Å². The van der Waals surface area contributed by atoms with E-state index in [-0.39, 0.29) is 29.0 Å². The zero-order chi connectivity index (χ0) is 15.5. The molecular weight excluding hydrogens is 292 g/mol. The number of hydrogen-bond acceptors (Lipinski definition) is 5. The summed E-state index contributed by atoms with van der Waals surface area (Å²) in [6, 6.07) is 6.31. The van der Waals surface area contributed by atoms with Gasteiger partial charge in [-0.15, -0.1) is 0 Å². The minimum absolute atomic E-state index is 0.0847. The minimum Gasteiger partial charge on any atom is -0.326 e. The van der Waals surface area contributed by atoms with Crippen molar-refractivity contribution in [2.45, 2.75) is 30.7 Å². The zero-order valence-corrected chi connectivity index (χ0v) is 12.4. The molecule has 0 spiro atoms.